The first kappa shape index (κ1) is 45.2. The summed E-state index contributed by atoms with van der Waals surface area (Å²) < 4.78 is 28.6. The zero-order valence-corrected chi connectivity index (χ0v) is 33.7. The van der Waals surface area contributed by atoms with Crippen molar-refractivity contribution in [3.63, 3.8) is 0 Å². The van der Waals surface area contributed by atoms with Gasteiger partial charge in [0, 0.05) is 46.9 Å². The molecular weight excluding hydrogens is 742 g/mol. The molecule has 1 aromatic carbocycles. The van der Waals surface area contributed by atoms with E-state index in [4.69, 9.17) is 40.4 Å². The van der Waals surface area contributed by atoms with Crippen LogP contribution in [0, 0.1) is 5.92 Å². The van der Waals surface area contributed by atoms with Crippen LogP contribution in [0.5, 0.6) is 5.75 Å². The second-order valence-electron chi connectivity index (χ2n) is 14.3. The van der Waals surface area contributed by atoms with Crippen LogP contribution < -0.4 is 15.0 Å². The summed E-state index contributed by atoms with van der Waals surface area (Å²) in [4.78, 5) is 64.1. The maximum atomic E-state index is 14.0. The van der Waals surface area contributed by atoms with Crippen molar-refractivity contribution in [1.29, 1.82) is 0 Å². The van der Waals surface area contributed by atoms with Crippen molar-refractivity contribution in [2.75, 3.05) is 33.2 Å². The highest BCUT2D eigenvalue weighted by Gasteiger charge is 2.66. The number of esters is 1. The molecule has 0 saturated carbocycles. The molecule has 0 aromatic heterocycles. The van der Waals surface area contributed by atoms with Crippen molar-refractivity contribution in [3.05, 3.63) is 46.5 Å². The van der Waals surface area contributed by atoms with E-state index in [9.17, 15) is 34.2 Å². The lowest BCUT2D eigenvalue weighted by Gasteiger charge is -2.42. The first-order valence-corrected chi connectivity index (χ1v) is 18.3. The second kappa shape index (κ2) is 18.6. The first-order valence-electron chi connectivity index (χ1n) is 17.9. The Morgan fingerprint density at radius 2 is 1.87 bits per heavy atom. The van der Waals surface area contributed by atoms with Crippen molar-refractivity contribution in [2.45, 2.75) is 115 Å². The van der Waals surface area contributed by atoms with Gasteiger partial charge in [-0.2, -0.15) is 0 Å². The number of nitrogens with zero attached hydrogens (tertiary/aromatic N) is 2. The number of halogens is 1. The lowest BCUT2D eigenvalue weighted by molar-refractivity contribution is -0.169. The summed E-state index contributed by atoms with van der Waals surface area (Å²) >= 11 is 6.68. The minimum atomic E-state index is -1.98. The molecule has 2 unspecified atom stereocenters. The number of amides is 3. The molecule has 3 aliphatic heterocycles. The van der Waals surface area contributed by atoms with Crippen molar-refractivity contribution in [1.82, 2.24) is 10.2 Å². The number of carbonyl (C=O) groups is 5. The Balaban J connectivity index is 0.00000125. The fourth-order valence-corrected chi connectivity index (χ4v) is 6.91. The molecule has 0 aliphatic carbocycles. The summed E-state index contributed by atoms with van der Waals surface area (Å²) in [5.41, 5.74) is -1.50. The highest BCUT2D eigenvalue weighted by molar-refractivity contribution is 6.35. The van der Waals surface area contributed by atoms with Gasteiger partial charge in [0.2, 0.25) is 5.91 Å². The van der Waals surface area contributed by atoms with Crippen molar-refractivity contribution in [3.8, 4) is 5.75 Å². The number of methoxy groups -OCH3 is 2. The van der Waals surface area contributed by atoms with Gasteiger partial charge in [-0.1, -0.05) is 49.2 Å². The van der Waals surface area contributed by atoms with Crippen molar-refractivity contribution >= 4 is 47.1 Å². The number of alkyl carbamates (subject to hydrolysis) is 1. The Kier molecular flexibility index (Phi) is 15.3. The predicted octanol–water partition coefficient (Wildman–Crippen LogP) is 3.38. The van der Waals surface area contributed by atoms with E-state index in [0.717, 1.165) is 27.4 Å². The summed E-state index contributed by atoms with van der Waals surface area (Å²) in [7, 11) is 5.68. The van der Waals surface area contributed by atoms with E-state index in [0.29, 0.717) is 12.8 Å². The third kappa shape index (κ3) is 10.6. The Labute approximate surface area is 326 Å². The Hall–Kier alpha value is -4.22. The van der Waals surface area contributed by atoms with Crippen LogP contribution in [0.4, 0.5) is 10.5 Å². The van der Waals surface area contributed by atoms with E-state index in [1.54, 1.807) is 38.1 Å². The summed E-state index contributed by atoms with van der Waals surface area (Å²) in [5, 5.41) is 33.9. The normalized spacial score (nSPS) is 31.4. The fraction of sp³-hybridized carbons (Fsp3) is 0.605. The summed E-state index contributed by atoms with van der Waals surface area (Å²) in [6.07, 6.45) is -0.710. The number of carboxylic acid groups (broad SMARTS) is 1. The van der Waals surface area contributed by atoms with E-state index in [1.165, 1.54) is 42.2 Å². The number of rotatable bonds is 7. The minimum absolute atomic E-state index is 0.110. The van der Waals surface area contributed by atoms with Gasteiger partial charge < -0.3 is 48.8 Å². The molecule has 17 heteroatoms. The standard InChI is InChI=1S/C34H46ClN3O11.C4H8O2/c1-17-11-10-12-25(46-9)34(44)16-24(47-32(43)36-34)18(2)28-33(5,49-28)29(48-31(42)19(3)37(6)20(4)39)27(40)30(41)38(7)22-14-21(13-17)15-23(45-8)26(22)35;1-2-3-4(5)6/h10-12,14-15,18-19,24-25,27-29,40,44H,13,16H2,1-9H3,(H,36,43);2-3H2,1H3,(H,5,6)/b12-10+,17-11+;/t18-,19+,24+,25?,27?,28+,29+,33-,34+;/m1./s1. The average molecular weight is 796 g/mol. The van der Waals surface area contributed by atoms with Crippen LogP contribution in [0.1, 0.15) is 66.4 Å². The number of aliphatic carboxylic acids is 1. The molecule has 2 saturated heterocycles. The molecule has 0 radical (unpaired) electrons. The van der Waals surface area contributed by atoms with Crippen LogP contribution in [-0.4, -0.2) is 126 Å². The SMILES string of the molecule is CCCC(=O)O.COc1cc2cc(c1Cl)N(C)C(=O)C(O)[C@H](OC(=O)[C@H](C)N(C)C(C)=O)[C@]1(C)O[C@H]1[C@H](C)[C@@H]1C[C@@](O)(NC(=O)O1)C(OC)/C=C/C=C(\C)C2. The number of carboxylic acids is 1. The van der Waals surface area contributed by atoms with Gasteiger partial charge in [0.25, 0.3) is 5.91 Å². The number of aliphatic hydroxyl groups excluding tert-OH is 1. The monoisotopic (exact) mass is 795 g/mol. The number of carbonyl (C=O) groups excluding carboxylic acids is 4. The molecule has 4 N–H and O–H groups in total. The highest BCUT2D eigenvalue weighted by atomic mass is 35.5. The van der Waals surface area contributed by atoms with E-state index in [1.807, 2.05) is 19.9 Å². The van der Waals surface area contributed by atoms with Gasteiger partial charge in [0.1, 0.15) is 34.6 Å². The first-order chi connectivity index (χ1) is 25.6. The average Bonchev–Trinajstić information content (AvgIpc) is 3.81. The van der Waals surface area contributed by atoms with Crippen LogP contribution >= 0.6 is 11.6 Å². The number of hydrogen-bond acceptors (Lipinski definition) is 12. The third-order valence-electron chi connectivity index (χ3n) is 10.1. The number of allylic oxidation sites excluding steroid dienone is 3. The minimum Gasteiger partial charge on any atom is -0.495 e. The van der Waals surface area contributed by atoms with Gasteiger partial charge in [-0.3, -0.25) is 19.7 Å². The number of ether oxygens (including phenoxy) is 5. The number of anilines is 1. The van der Waals surface area contributed by atoms with Gasteiger partial charge in [-0.05, 0) is 51.3 Å². The summed E-state index contributed by atoms with van der Waals surface area (Å²) in [6.45, 7) is 9.74. The summed E-state index contributed by atoms with van der Waals surface area (Å²) in [5.74, 6) is -3.22. The highest BCUT2D eigenvalue weighted by Crippen LogP contribution is 2.49. The molecule has 3 amide bonds. The van der Waals surface area contributed by atoms with E-state index >= 15 is 0 Å². The Morgan fingerprint density at radius 1 is 1.22 bits per heavy atom. The van der Waals surface area contributed by atoms with E-state index in [-0.39, 0.29) is 22.9 Å². The lowest BCUT2D eigenvalue weighted by Crippen LogP contribution is -2.63. The molecule has 3 heterocycles. The third-order valence-corrected chi connectivity index (χ3v) is 10.5. The maximum Gasteiger partial charge on any atom is 0.409 e. The van der Waals surface area contributed by atoms with Crippen molar-refractivity contribution < 1.29 is 63.0 Å². The molecule has 4 rings (SSSR count). The van der Waals surface area contributed by atoms with E-state index in [2.05, 4.69) is 5.32 Å². The van der Waals surface area contributed by atoms with Crippen LogP contribution in [0.15, 0.2) is 35.9 Å². The van der Waals surface area contributed by atoms with Gasteiger partial charge in [-0.25, -0.2) is 9.59 Å². The van der Waals surface area contributed by atoms with E-state index < -0.39 is 83.7 Å². The second-order valence-corrected chi connectivity index (χ2v) is 14.7. The van der Waals surface area contributed by atoms with Gasteiger partial charge in [0.05, 0.1) is 18.9 Å². The molecule has 0 spiro atoms. The van der Waals surface area contributed by atoms with Crippen LogP contribution in [0.2, 0.25) is 5.02 Å². The van der Waals surface area contributed by atoms with Gasteiger partial charge in [-0.15, -0.1) is 0 Å². The number of likely N-dealkylation sites (N-methyl/N-ethyl adjacent to an activating group) is 2. The zero-order chi connectivity index (χ0) is 41.6. The molecule has 16 nitrogen and oxygen atoms in total. The molecule has 2 fully saturated rings. The Morgan fingerprint density at radius 3 is 2.42 bits per heavy atom. The summed E-state index contributed by atoms with van der Waals surface area (Å²) in [6, 6.07) is 2.34. The number of aliphatic hydroxyl groups is 2. The Bertz CT molecular complexity index is 1670. The molecule has 55 heavy (non-hydrogen) atoms. The number of nitrogens with one attached hydrogen (secondary N) is 1. The molecule has 1 aromatic rings. The largest absolute Gasteiger partial charge is 0.495 e. The quantitative estimate of drug-likeness (QED) is 0.231. The van der Waals surface area contributed by atoms with Crippen LogP contribution in [0.25, 0.3) is 0 Å². The van der Waals surface area contributed by atoms with Gasteiger partial charge >= 0.3 is 18.0 Å². The van der Waals surface area contributed by atoms with Gasteiger partial charge in [0.15, 0.2) is 17.9 Å². The molecule has 306 valence electrons. The van der Waals surface area contributed by atoms with Crippen LogP contribution in [0.3, 0.4) is 0 Å². The number of benzene rings is 1. The topological polar surface area (TPSA) is 214 Å². The number of hydrogen-bond donors (Lipinski definition) is 4. The van der Waals surface area contributed by atoms with Crippen molar-refractivity contribution in [2.24, 2.45) is 5.92 Å². The smallest absolute Gasteiger partial charge is 0.409 e. The zero-order valence-electron chi connectivity index (χ0n) is 33.0. The molecule has 3 aliphatic rings. The number of epoxide rings is 1. The molecule has 9 atom stereocenters. The fourth-order valence-electron chi connectivity index (χ4n) is 6.59. The predicted molar refractivity (Wildman–Crippen MR) is 201 cm³/mol. The number of fused-ring (bicyclic) bond motifs is 5. The molecule has 4 bridgehead atoms. The molecular formula is C38H54ClN3O13. The maximum absolute atomic E-state index is 14.0. The van der Waals surface area contributed by atoms with Crippen LogP contribution in [-0.2, 0) is 44.5 Å². The lowest BCUT2D eigenvalue weighted by atomic mass is 9.83.